The van der Waals surface area contributed by atoms with Crippen LogP contribution in [0, 0.1) is 11.8 Å². The Kier molecular flexibility index (Phi) is 8.20. The number of aliphatic hydroxyl groups is 1. The van der Waals surface area contributed by atoms with Gasteiger partial charge in [-0.05, 0) is 25.7 Å². The van der Waals surface area contributed by atoms with Crippen LogP contribution in [0.1, 0.15) is 66.7 Å². The maximum absolute atomic E-state index is 11.8. The van der Waals surface area contributed by atoms with Gasteiger partial charge in [0.1, 0.15) is 0 Å². The van der Waals surface area contributed by atoms with Gasteiger partial charge in [0.05, 0.1) is 5.92 Å². The zero-order chi connectivity index (χ0) is 14.2. The lowest BCUT2D eigenvalue weighted by molar-refractivity contribution is -0.392. The first-order valence-electron chi connectivity index (χ1n) is 6.94. The third kappa shape index (κ3) is 7.67. The predicted octanol–water partition coefficient (Wildman–Crippen LogP) is 3.43. The highest BCUT2D eigenvalue weighted by atomic mass is 17.2. The molecule has 0 aromatic rings. The molecule has 0 saturated carbocycles. The molecule has 0 radical (unpaired) electrons. The fourth-order valence-electron chi connectivity index (χ4n) is 1.93. The number of hydrogen-bond acceptors (Lipinski definition) is 4. The lowest BCUT2D eigenvalue weighted by Crippen LogP contribution is -2.32. The van der Waals surface area contributed by atoms with E-state index in [1.807, 2.05) is 20.8 Å². The van der Waals surface area contributed by atoms with Crippen LogP contribution in [-0.2, 0) is 14.6 Å². The standard InChI is InChI=1S/C14H28O4/c1-6-8-9-12(7-2)13(15)17-18-14(5,16)10-11(3)4/h11-12,16H,6-10H2,1-5H3. The molecule has 0 bridgehead atoms. The summed E-state index contributed by atoms with van der Waals surface area (Å²) >= 11 is 0. The van der Waals surface area contributed by atoms with Crippen LogP contribution in [0.15, 0.2) is 0 Å². The van der Waals surface area contributed by atoms with Crippen molar-refractivity contribution in [2.45, 2.75) is 72.5 Å². The minimum Gasteiger partial charge on any atom is -0.363 e. The summed E-state index contributed by atoms with van der Waals surface area (Å²) in [5.74, 6) is -1.66. The Labute approximate surface area is 111 Å². The average molecular weight is 260 g/mol. The third-order valence-corrected chi connectivity index (χ3v) is 2.82. The van der Waals surface area contributed by atoms with E-state index in [1.54, 1.807) is 0 Å². The first-order chi connectivity index (χ1) is 8.32. The molecule has 0 aliphatic rings. The highest BCUT2D eigenvalue weighted by Gasteiger charge is 2.28. The summed E-state index contributed by atoms with van der Waals surface area (Å²) in [7, 11) is 0. The molecule has 0 aliphatic heterocycles. The van der Waals surface area contributed by atoms with Gasteiger partial charge in [0, 0.05) is 6.42 Å². The molecule has 108 valence electrons. The van der Waals surface area contributed by atoms with E-state index in [2.05, 4.69) is 6.92 Å². The molecule has 2 unspecified atom stereocenters. The summed E-state index contributed by atoms with van der Waals surface area (Å²) in [6.07, 6.45) is 4.01. The van der Waals surface area contributed by atoms with Crippen molar-refractivity contribution >= 4 is 5.97 Å². The van der Waals surface area contributed by atoms with Gasteiger partial charge in [-0.15, -0.1) is 0 Å². The molecule has 4 nitrogen and oxygen atoms in total. The fourth-order valence-corrected chi connectivity index (χ4v) is 1.93. The van der Waals surface area contributed by atoms with Crippen molar-refractivity contribution in [3.8, 4) is 0 Å². The zero-order valence-corrected chi connectivity index (χ0v) is 12.4. The Morgan fingerprint density at radius 3 is 2.39 bits per heavy atom. The molecule has 0 aliphatic carbocycles. The molecule has 2 atom stereocenters. The molecular weight excluding hydrogens is 232 g/mol. The van der Waals surface area contributed by atoms with E-state index in [9.17, 15) is 9.90 Å². The normalized spacial score (nSPS) is 16.4. The SMILES string of the molecule is CCCCC(CC)C(=O)OOC(C)(O)CC(C)C. The largest absolute Gasteiger partial charge is 0.363 e. The second-order valence-electron chi connectivity index (χ2n) is 5.51. The summed E-state index contributed by atoms with van der Waals surface area (Å²) in [5.41, 5.74) is 0. The lowest BCUT2D eigenvalue weighted by atomic mass is 10.00. The van der Waals surface area contributed by atoms with Crippen molar-refractivity contribution in [1.82, 2.24) is 0 Å². The quantitative estimate of drug-likeness (QED) is 0.392. The minimum atomic E-state index is -1.41. The Morgan fingerprint density at radius 1 is 1.33 bits per heavy atom. The van der Waals surface area contributed by atoms with Gasteiger partial charge >= 0.3 is 5.97 Å². The number of unbranched alkanes of at least 4 members (excludes halogenated alkanes) is 1. The van der Waals surface area contributed by atoms with Crippen LogP contribution in [0.5, 0.6) is 0 Å². The Bertz CT molecular complexity index is 236. The summed E-state index contributed by atoms with van der Waals surface area (Å²) in [6.45, 7) is 9.48. The molecule has 0 heterocycles. The molecule has 0 aromatic carbocycles. The minimum absolute atomic E-state index is 0.139. The van der Waals surface area contributed by atoms with E-state index in [1.165, 1.54) is 6.92 Å². The fraction of sp³-hybridized carbons (Fsp3) is 0.929. The summed E-state index contributed by atoms with van der Waals surface area (Å²) in [6, 6.07) is 0. The van der Waals surface area contributed by atoms with Crippen molar-refractivity contribution in [1.29, 1.82) is 0 Å². The second kappa shape index (κ2) is 8.48. The molecule has 0 rings (SSSR count). The van der Waals surface area contributed by atoms with E-state index < -0.39 is 5.79 Å². The van der Waals surface area contributed by atoms with Crippen LogP contribution >= 0.6 is 0 Å². The van der Waals surface area contributed by atoms with Gasteiger partial charge in [0.15, 0.2) is 0 Å². The van der Waals surface area contributed by atoms with E-state index >= 15 is 0 Å². The average Bonchev–Trinajstić information content (AvgIpc) is 2.26. The molecule has 1 N–H and O–H groups in total. The molecule has 0 amide bonds. The topological polar surface area (TPSA) is 55.8 Å². The predicted molar refractivity (Wildman–Crippen MR) is 70.6 cm³/mol. The molecular formula is C14H28O4. The highest BCUT2D eigenvalue weighted by molar-refractivity contribution is 5.71. The van der Waals surface area contributed by atoms with Crippen LogP contribution in [0.25, 0.3) is 0 Å². The third-order valence-electron chi connectivity index (χ3n) is 2.82. The van der Waals surface area contributed by atoms with Crippen LogP contribution < -0.4 is 0 Å². The Morgan fingerprint density at radius 2 is 1.94 bits per heavy atom. The van der Waals surface area contributed by atoms with Crippen molar-refractivity contribution in [2.24, 2.45) is 11.8 Å². The number of hydrogen-bond donors (Lipinski definition) is 1. The van der Waals surface area contributed by atoms with Gasteiger partial charge < -0.3 is 5.11 Å². The maximum atomic E-state index is 11.8. The number of carbonyl (C=O) groups excluding carboxylic acids is 1. The van der Waals surface area contributed by atoms with Gasteiger partial charge in [-0.3, -0.25) is 4.89 Å². The van der Waals surface area contributed by atoms with Crippen molar-refractivity contribution in [3.63, 3.8) is 0 Å². The van der Waals surface area contributed by atoms with Gasteiger partial charge in [-0.2, -0.15) is 4.89 Å². The second-order valence-corrected chi connectivity index (χ2v) is 5.51. The van der Waals surface area contributed by atoms with E-state index in [4.69, 9.17) is 9.78 Å². The molecule has 0 aromatic heterocycles. The number of carbonyl (C=O) groups is 1. The molecule has 0 fully saturated rings. The number of rotatable bonds is 9. The Balaban J connectivity index is 4.13. The highest BCUT2D eigenvalue weighted by Crippen LogP contribution is 2.20. The molecule has 0 saturated heterocycles. The Hall–Kier alpha value is -0.610. The van der Waals surface area contributed by atoms with Crippen LogP contribution in [0.3, 0.4) is 0 Å². The van der Waals surface area contributed by atoms with Crippen molar-refractivity contribution < 1.29 is 19.7 Å². The van der Waals surface area contributed by atoms with E-state index in [-0.39, 0.29) is 17.8 Å². The summed E-state index contributed by atoms with van der Waals surface area (Å²) in [4.78, 5) is 21.4. The first-order valence-corrected chi connectivity index (χ1v) is 6.94. The molecule has 0 spiro atoms. The maximum Gasteiger partial charge on any atom is 0.345 e. The van der Waals surface area contributed by atoms with Gasteiger partial charge in [-0.25, -0.2) is 4.79 Å². The van der Waals surface area contributed by atoms with Gasteiger partial charge in [-0.1, -0.05) is 40.5 Å². The van der Waals surface area contributed by atoms with Crippen LogP contribution in [0.4, 0.5) is 0 Å². The first kappa shape index (κ1) is 17.4. The van der Waals surface area contributed by atoms with E-state index in [0.717, 1.165) is 25.7 Å². The van der Waals surface area contributed by atoms with Crippen molar-refractivity contribution in [3.05, 3.63) is 0 Å². The van der Waals surface area contributed by atoms with Crippen LogP contribution in [0.2, 0.25) is 0 Å². The summed E-state index contributed by atoms with van der Waals surface area (Å²) in [5, 5.41) is 9.86. The van der Waals surface area contributed by atoms with Gasteiger partial charge in [0.25, 0.3) is 0 Å². The lowest BCUT2D eigenvalue weighted by Gasteiger charge is -2.24. The summed E-state index contributed by atoms with van der Waals surface area (Å²) < 4.78 is 0. The molecule has 18 heavy (non-hydrogen) atoms. The zero-order valence-electron chi connectivity index (χ0n) is 12.4. The van der Waals surface area contributed by atoms with Gasteiger partial charge in [0.2, 0.25) is 5.79 Å². The van der Waals surface area contributed by atoms with E-state index in [0.29, 0.717) is 6.42 Å². The smallest absolute Gasteiger partial charge is 0.345 e. The van der Waals surface area contributed by atoms with Crippen molar-refractivity contribution in [2.75, 3.05) is 0 Å². The monoisotopic (exact) mass is 260 g/mol. The molecule has 4 heteroatoms. The van der Waals surface area contributed by atoms with Crippen LogP contribution in [-0.4, -0.2) is 16.9 Å².